The quantitative estimate of drug-likeness (QED) is 0.746. The minimum absolute atomic E-state index is 0.609. The average molecular weight is 344 g/mol. The summed E-state index contributed by atoms with van der Waals surface area (Å²) >= 11 is 1.93. The Kier molecular flexibility index (Phi) is 6.38. The molecule has 1 aromatic carbocycles. The van der Waals surface area contributed by atoms with E-state index in [0.717, 1.165) is 25.2 Å². The van der Waals surface area contributed by atoms with Crippen LogP contribution in [0.2, 0.25) is 0 Å². The lowest BCUT2D eigenvalue weighted by atomic mass is 10.1. The van der Waals surface area contributed by atoms with Gasteiger partial charge in [-0.1, -0.05) is 43.7 Å². The molecule has 4 heteroatoms. The van der Waals surface area contributed by atoms with E-state index in [0.29, 0.717) is 5.25 Å². The highest BCUT2D eigenvalue weighted by Crippen LogP contribution is 2.25. The summed E-state index contributed by atoms with van der Waals surface area (Å²) in [6, 6.07) is 10.6. The van der Waals surface area contributed by atoms with E-state index in [1.165, 1.54) is 43.6 Å². The van der Waals surface area contributed by atoms with Crippen molar-refractivity contribution >= 4 is 11.8 Å². The number of benzene rings is 1. The van der Waals surface area contributed by atoms with E-state index in [4.69, 9.17) is 4.98 Å². The van der Waals surface area contributed by atoms with Crippen molar-refractivity contribution in [3.63, 3.8) is 0 Å². The second-order valence-electron chi connectivity index (χ2n) is 6.75. The summed E-state index contributed by atoms with van der Waals surface area (Å²) in [6.45, 7) is 7.02. The first-order chi connectivity index (χ1) is 11.8. The van der Waals surface area contributed by atoms with Gasteiger partial charge in [0.2, 0.25) is 0 Å². The molecule has 1 saturated heterocycles. The number of thioether (sulfide) groups is 1. The third-order valence-electron chi connectivity index (χ3n) is 4.98. The zero-order chi connectivity index (χ0) is 16.8. The van der Waals surface area contributed by atoms with Gasteiger partial charge in [0.05, 0.1) is 12.0 Å². The first kappa shape index (κ1) is 17.6. The van der Waals surface area contributed by atoms with E-state index < -0.39 is 0 Å². The topological polar surface area (TPSA) is 21.1 Å². The van der Waals surface area contributed by atoms with Crippen molar-refractivity contribution in [3.05, 3.63) is 42.4 Å². The molecule has 1 atom stereocenters. The fourth-order valence-corrected chi connectivity index (χ4v) is 3.76. The first-order valence-electron chi connectivity index (χ1n) is 9.12. The number of hydrogen-bond acceptors (Lipinski definition) is 3. The molecule has 1 aliphatic heterocycles. The minimum Gasteiger partial charge on any atom is -0.333 e. The van der Waals surface area contributed by atoms with Crippen LogP contribution in [0.15, 0.2) is 36.7 Å². The van der Waals surface area contributed by atoms with Crippen molar-refractivity contribution in [2.75, 3.05) is 25.9 Å². The molecule has 0 spiro atoms. The lowest BCUT2D eigenvalue weighted by molar-refractivity contribution is 0.220. The van der Waals surface area contributed by atoms with Gasteiger partial charge in [-0.05, 0) is 32.2 Å². The van der Waals surface area contributed by atoms with Crippen LogP contribution in [-0.2, 0) is 13.0 Å². The maximum Gasteiger partial charge on any atom is 0.0956 e. The normalized spacial score (nSPS) is 17.1. The van der Waals surface area contributed by atoms with Gasteiger partial charge in [0.1, 0.15) is 0 Å². The van der Waals surface area contributed by atoms with E-state index in [-0.39, 0.29) is 0 Å². The van der Waals surface area contributed by atoms with Crippen LogP contribution < -0.4 is 0 Å². The van der Waals surface area contributed by atoms with Crippen molar-refractivity contribution in [2.45, 2.75) is 44.4 Å². The summed E-state index contributed by atoms with van der Waals surface area (Å²) in [6.07, 6.45) is 9.43. The maximum absolute atomic E-state index is 4.77. The fraction of sp³-hybridized carbons (Fsp3) is 0.550. The van der Waals surface area contributed by atoms with Crippen molar-refractivity contribution < 1.29 is 0 Å². The predicted molar refractivity (Wildman–Crippen MR) is 105 cm³/mol. The molecule has 0 bridgehead atoms. The molecule has 1 aliphatic rings. The molecule has 3 rings (SSSR count). The summed E-state index contributed by atoms with van der Waals surface area (Å²) in [7, 11) is 0. The van der Waals surface area contributed by atoms with Gasteiger partial charge < -0.3 is 9.47 Å². The van der Waals surface area contributed by atoms with Crippen molar-refractivity contribution in [3.8, 4) is 11.3 Å². The molecule has 130 valence electrons. The Labute approximate surface area is 150 Å². The highest BCUT2D eigenvalue weighted by Gasteiger charge is 2.16. The van der Waals surface area contributed by atoms with E-state index >= 15 is 0 Å². The lowest BCUT2D eigenvalue weighted by Crippen LogP contribution is -2.32. The number of nitrogens with zero attached hydrogens (tertiary/aromatic N) is 3. The van der Waals surface area contributed by atoms with E-state index in [2.05, 4.69) is 59.3 Å². The first-order valence-corrected chi connectivity index (χ1v) is 10.4. The van der Waals surface area contributed by atoms with Gasteiger partial charge in [-0.25, -0.2) is 4.98 Å². The molecule has 0 saturated carbocycles. The van der Waals surface area contributed by atoms with Crippen LogP contribution >= 0.6 is 11.8 Å². The molecule has 2 aromatic rings. The number of imidazole rings is 1. The van der Waals surface area contributed by atoms with Crippen LogP contribution in [-0.4, -0.2) is 45.6 Å². The number of rotatable bonds is 7. The van der Waals surface area contributed by atoms with Crippen LogP contribution in [0.4, 0.5) is 0 Å². The molecule has 1 aromatic heterocycles. The number of piperidine rings is 1. The Bertz CT molecular complexity index is 617. The maximum atomic E-state index is 4.77. The Morgan fingerprint density at radius 2 is 1.83 bits per heavy atom. The third kappa shape index (κ3) is 4.42. The average Bonchev–Trinajstić information content (AvgIpc) is 3.04. The molecule has 1 fully saturated rings. The number of hydrogen-bond donors (Lipinski definition) is 0. The minimum atomic E-state index is 0.609. The summed E-state index contributed by atoms with van der Waals surface area (Å²) in [4.78, 5) is 7.38. The molecule has 0 unspecified atom stereocenters. The second kappa shape index (κ2) is 8.72. The summed E-state index contributed by atoms with van der Waals surface area (Å²) in [5.41, 5.74) is 3.78. The summed E-state index contributed by atoms with van der Waals surface area (Å²) in [5.74, 6) is 0. The molecule has 0 aliphatic carbocycles. The molecule has 0 N–H and O–H groups in total. The largest absolute Gasteiger partial charge is 0.333 e. The highest BCUT2D eigenvalue weighted by atomic mass is 32.2. The zero-order valence-electron chi connectivity index (χ0n) is 14.9. The Balaban J connectivity index is 1.78. The predicted octanol–water partition coefficient (Wildman–Crippen LogP) is 4.33. The van der Waals surface area contributed by atoms with Gasteiger partial charge in [0.15, 0.2) is 0 Å². The molecule has 2 heterocycles. The van der Waals surface area contributed by atoms with Crippen LogP contribution in [0.3, 0.4) is 0 Å². The SMILES string of the molecule is CS[C@H](C)Cc1c(-c2ccccc2)ncn1CCN1CCCCC1. The van der Waals surface area contributed by atoms with Gasteiger partial charge in [-0.2, -0.15) is 11.8 Å². The van der Waals surface area contributed by atoms with Gasteiger partial charge in [-0.3, -0.25) is 0 Å². The van der Waals surface area contributed by atoms with Crippen LogP contribution in [0.5, 0.6) is 0 Å². The standard InChI is InChI=1S/C20H29N3S/c1-17(24-2)15-19-20(18-9-5-3-6-10-18)21-16-23(19)14-13-22-11-7-4-8-12-22/h3,5-6,9-10,16-17H,4,7-8,11-15H2,1-2H3/t17-/m1/s1. The van der Waals surface area contributed by atoms with Crippen molar-refractivity contribution in [1.82, 2.24) is 14.5 Å². The molecule has 0 radical (unpaired) electrons. The Morgan fingerprint density at radius 1 is 1.08 bits per heavy atom. The molecule has 24 heavy (non-hydrogen) atoms. The van der Waals surface area contributed by atoms with Crippen molar-refractivity contribution in [1.29, 1.82) is 0 Å². The van der Waals surface area contributed by atoms with Crippen molar-refractivity contribution in [2.24, 2.45) is 0 Å². The number of aromatic nitrogens is 2. The Hall–Kier alpha value is -1.26. The second-order valence-corrected chi connectivity index (χ2v) is 8.03. The van der Waals surface area contributed by atoms with Crippen LogP contribution in [0.1, 0.15) is 31.9 Å². The summed E-state index contributed by atoms with van der Waals surface area (Å²) in [5, 5.41) is 0.609. The van der Waals surface area contributed by atoms with E-state index in [9.17, 15) is 0 Å². The van der Waals surface area contributed by atoms with E-state index in [1.54, 1.807) is 0 Å². The third-order valence-corrected chi connectivity index (χ3v) is 5.95. The monoisotopic (exact) mass is 343 g/mol. The molecular weight excluding hydrogens is 314 g/mol. The van der Waals surface area contributed by atoms with Gasteiger partial charge in [0, 0.05) is 36.0 Å². The highest BCUT2D eigenvalue weighted by molar-refractivity contribution is 7.99. The molecular formula is C20H29N3S. The van der Waals surface area contributed by atoms with E-state index in [1.807, 2.05) is 11.8 Å². The van der Waals surface area contributed by atoms with Gasteiger partial charge in [0.25, 0.3) is 0 Å². The smallest absolute Gasteiger partial charge is 0.0956 e. The molecule has 3 nitrogen and oxygen atoms in total. The fourth-order valence-electron chi connectivity index (χ4n) is 3.44. The van der Waals surface area contributed by atoms with Crippen LogP contribution in [0.25, 0.3) is 11.3 Å². The Morgan fingerprint density at radius 3 is 2.54 bits per heavy atom. The molecule has 0 amide bonds. The zero-order valence-corrected chi connectivity index (χ0v) is 15.8. The van der Waals surface area contributed by atoms with Gasteiger partial charge in [-0.15, -0.1) is 0 Å². The lowest BCUT2D eigenvalue weighted by Gasteiger charge is -2.26. The summed E-state index contributed by atoms with van der Waals surface area (Å²) < 4.78 is 2.39. The van der Waals surface area contributed by atoms with Crippen LogP contribution in [0, 0.1) is 0 Å². The van der Waals surface area contributed by atoms with Gasteiger partial charge >= 0.3 is 0 Å². The number of likely N-dealkylation sites (tertiary alicyclic amines) is 1.